The van der Waals surface area contributed by atoms with E-state index in [-0.39, 0.29) is 24.3 Å². The van der Waals surface area contributed by atoms with Crippen molar-refractivity contribution in [3.05, 3.63) is 40.1 Å². The van der Waals surface area contributed by atoms with Crippen LogP contribution < -0.4 is 10.7 Å². The van der Waals surface area contributed by atoms with Crippen molar-refractivity contribution < 1.29 is 19.0 Å². The monoisotopic (exact) mass is 456 g/mol. The molecule has 2 N–H and O–H groups in total. The number of likely N-dealkylation sites (tertiary alicyclic amines) is 2. The summed E-state index contributed by atoms with van der Waals surface area (Å²) in [4.78, 5) is 44.6. The van der Waals surface area contributed by atoms with Crippen LogP contribution in [0.25, 0.3) is 11.0 Å². The van der Waals surface area contributed by atoms with Crippen molar-refractivity contribution in [2.24, 2.45) is 4.99 Å². The number of hydrogen-bond donors (Lipinski definition) is 2. The lowest BCUT2D eigenvalue weighted by Gasteiger charge is -2.25. The number of anilines is 1. The molecule has 0 radical (unpaired) electrons. The van der Waals surface area contributed by atoms with Crippen LogP contribution in [0.3, 0.4) is 0 Å². The lowest BCUT2D eigenvalue weighted by atomic mass is 10.1. The second kappa shape index (κ2) is 9.88. The molecule has 11 nitrogen and oxygen atoms in total. The van der Waals surface area contributed by atoms with Gasteiger partial charge in [0.2, 0.25) is 11.8 Å². The Morgan fingerprint density at radius 1 is 1.21 bits per heavy atom. The fourth-order valence-electron chi connectivity index (χ4n) is 4.31. The molecule has 0 spiro atoms. The van der Waals surface area contributed by atoms with Gasteiger partial charge in [0.25, 0.3) is 5.96 Å². The number of hydrazine groups is 1. The highest BCUT2D eigenvalue weighted by atomic mass is 16.7. The third-order valence-corrected chi connectivity index (χ3v) is 5.92. The van der Waals surface area contributed by atoms with Gasteiger partial charge in [0.15, 0.2) is 5.03 Å². The highest BCUT2D eigenvalue weighted by molar-refractivity contribution is 5.97. The standard InChI is InChI=1S/C22H28N6O5/c1-15-12-16-13-17(7-8-19(16)33-15)23-22(25-28(31)32)24-18-6-2-3-11-27(21(18)30)14-20(29)26-9-4-5-10-26/h7-8,12-13,18H,2-6,9-11,14H2,1H3,(H2,23,24,25). The molecule has 176 valence electrons. The molecule has 2 aromatic rings. The number of fused-ring (bicyclic) bond motifs is 1. The zero-order valence-corrected chi connectivity index (χ0v) is 18.6. The molecule has 1 aromatic carbocycles. The SMILES string of the molecule is Cc1cc2cc(NC(=NC3CCCCN(CC(=O)N4CCCC4)C3=O)N[N+](=O)[O-])ccc2o1. The summed E-state index contributed by atoms with van der Waals surface area (Å²) < 4.78 is 5.56. The lowest BCUT2D eigenvalue weighted by molar-refractivity contribution is -0.525. The second-order valence-electron chi connectivity index (χ2n) is 8.44. The lowest BCUT2D eigenvalue weighted by Crippen LogP contribution is -2.45. The molecule has 0 bridgehead atoms. The van der Waals surface area contributed by atoms with Crippen LogP contribution in [0.1, 0.15) is 37.9 Å². The van der Waals surface area contributed by atoms with E-state index < -0.39 is 11.1 Å². The Kier molecular flexibility index (Phi) is 6.76. The van der Waals surface area contributed by atoms with Crippen molar-refractivity contribution in [3.8, 4) is 0 Å². The Bertz CT molecular complexity index is 1070. The maximum absolute atomic E-state index is 13.2. The molecular formula is C22H28N6O5. The second-order valence-corrected chi connectivity index (χ2v) is 8.44. The molecule has 0 aliphatic carbocycles. The van der Waals surface area contributed by atoms with E-state index in [9.17, 15) is 19.7 Å². The van der Waals surface area contributed by atoms with Crippen LogP contribution in [0.15, 0.2) is 33.7 Å². The largest absolute Gasteiger partial charge is 0.461 e. The number of aliphatic imine (C=N–C) groups is 1. The highest BCUT2D eigenvalue weighted by Gasteiger charge is 2.30. The van der Waals surface area contributed by atoms with E-state index in [0.29, 0.717) is 24.2 Å². The average Bonchev–Trinajstić information content (AvgIpc) is 3.39. The fraction of sp³-hybridized carbons (Fsp3) is 0.500. The molecule has 2 saturated heterocycles. The molecule has 4 rings (SSSR count). The topological polar surface area (TPSA) is 133 Å². The van der Waals surface area contributed by atoms with E-state index in [1.54, 1.807) is 23.1 Å². The first-order chi connectivity index (χ1) is 15.9. The number of nitro groups is 1. The van der Waals surface area contributed by atoms with Crippen LogP contribution in [0.2, 0.25) is 0 Å². The molecular weight excluding hydrogens is 428 g/mol. The van der Waals surface area contributed by atoms with Gasteiger partial charge in [-0.15, -0.1) is 0 Å². The van der Waals surface area contributed by atoms with Crippen molar-refractivity contribution >= 4 is 34.4 Å². The van der Waals surface area contributed by atoms with Crippen LogP contribution in [0.5, 0.6) is 0 Å². The predicted octanol–water partition coefficient (Wildman–Crippen LogP) is 2.29. The number of furan rings is 1. The number of carbonyl (C=O) groups excluding carboxylic acids is 2. The van der Waals surface area contributed by atoms with Gasteiger partial charge < -0.3 is 19.5 Å². The van der Waals surface area contributed by atoms with Crippen LogP contribution in [-0.4, -0.2) is 64.8 Å². The van der Waals surface area contributed by atoms with Gasteiger partial charge in [0, 0.05) is 30.7 Å². The summed E-state index contributed by atoms with van der Waals surface area (Å²) >= 11 is 0. The first-order valence-corrected chi connectivity index (χ1v) is 11.2. The molecule has 1 aromatic heterocycles. The van der Waals surface area contributed by atoms with Gasteiger partial charge in [-0.3, -0.25) is 9.59 Å². The maximum atomic E-state index is 13.2. The summed E-state index contributed by atoms with van der Waals surface area (Å²) in [5.41, 5.74) is 3.33. The summed E-state index contributed by atoms with van der Waals surface area (Å²) in [5.74, 6) is 0.277. The van der Waals surface area contributed by atoms with Gasteiger partial charge in [-0.2, -0.15) is 0 Å². The summed E-state index contributed by atoms with van der Waals surface area (Å²) in [6.07, 6.45) is 3.92. The molecule has 1 unspecified atom stereocenters. The molecule has 2 amide bonds. The summed E-state index contributed by atoms with van der Waals surface area (Å²) in [5, 5.41) is 14.2. The fourth-order valence-corrected chi connectivity index (χ4v) is 4.31. The Morgan fingerprint density at radius 2 is 1.97 bits per heavy atom. The summed E-state index contributed by atoms with van der Waals surface area (Å²) in [7, 11) is 0. The van der Waals surface area contributed by atoms with E-state index in [4.69, 9.17) is 4.42 Å². The van der Waals surface area contributed by atoms with Gasteiger partial charge in [-0.25, -0.2) is 15.1 Å². The zero-order valence-electron chi connectivity index (χ0n) is 18.6. The van der Waals surface area contributed by atoms with Crippen molar-refractivity contribution in [1.29, 1.82) is 0 Å². The van der Waals surface area contributed by atoms with Gasteiger partial charge in [0.05, 0.1) is 6.54 Å². The number of nitrogens with zero attached hydrogens (tertiary/aromatic N) is 4. The van der Waals surface area contributed by atoms with Crippen LogP contribution in [0.4, 0.5) is 5.69 Å². The van der Waals surface area contributed by atoms with Crippen molar-refractivity contribution in [3.63, 3.8) is 0 Å². The van der Waals surface area contributed by atoms with E-state index >= 15 is 0 Å². The Hall–Kier alpha value is -3.63. The number of amides is 2. The number of nitrogens with one attached hydrogen (secondary N) is 2. The minimum Gasteiger partial charge on any atom is -0.461 e. The molecule has 1 atom stereocenters. The smallest absolute Gasteiger partial charge is 0.259 e. The Balaban J connectivity index is 1.52. The third-order valence-electron chi connectivity index (χ3n) is 5.92. The number of benzene rings is 1. The minimum atomic E-state index is -0.811. The highest BCUT2D eigenvalue weighted by Crippen LogP contribution is 2.23. The average molecular weight is 457 g/mol. The number of rotatable bonds is 5. The van der Waals surface area contributed by atoms with E-state index in [1.165, 1.54) is 4.90 Å². The molecule has 2 fully saturated rings. The molecule has 33 heavy (non-hydrogen) atoms. The Labute approximate surface area is 190 Å². The zero-order chi connectivity index (χ0) is 23.4. The van der Waals surface area contributed by atoms with Crippen molar-refractivity contribution in [2.45, 2.75) is 45.1 Å². The first kappa shape index (κ1) is 22.6. The Morgan fingerprint density at radius 3 is 2.73 bits per heavy atom. The molecule has 0 saturated carbocycles. The van der Waals surface area contributed by atoms with E-state index in [1.807, 2.05) is 13.0 Å². The summed E-state index contributed by atoms with van der Waals surface area (Å²) in [6, 6.07) is 6.32. The molecule has 3 heterocycles. The molecule has 11 heteroatoms. The van der Waals surface area contributed by atoms with Gasteiger partial charge in [-0.05, 0) is 63.3 Å². The van der Waals surface area contributed by atoms with Crippen molar-refractivity contribution in [2.75, 3.05) is 31.5 Å². The molecule has 2 aliphatic heterocycles. The normalized spacial score (nSPS) is 19.6. The third kappa shape index (κ3) is 5.60. The van der Waals surface area contributed by atoms with Crippen LogP contribution in [0, 0.1) is 17.0 Å². The predicted molar refractivity (Wildman–Crippen MR) is 122 cm³/mol. The van der Waals surface area contributed by atoms with Gasteiger partial charge in [0.1, 0.15) is 17.4 Å². The number of carbonyl (C=O) groups is 2. The number of guanidine groups is 1. The first-order valence-electron chi connectivity index (χ1n) is 11.2. The van der Waals surface area contributed by atoms with Crippen molar-refractivity contribution in [1.82, 2.24) is 15.2 Å². The minimum absolute atomic E-state index is 0.0206. The number of aryl methyl sites for hydroxylation is 1. The van der Waals surface area contributed by atoms with Gasteiger partial charge in [-0.1, -0.05) is 5.43 Å². The van der Waals surface area contributed by atoms with Crippen LogP contribution >= 0.6 is 0 Å². The maximum Gasteiger partial charge on any atom is 0.259 e. The van der Waals surface area contributed by atoms with E-state index in [2.05, 4.69) is 15.7 Å². The van der Waals surface area contributed by atoms with Crippen LogP contribution in [-0.2, 0) is 9.59 Å². The quantitative estimate of drug-likeness (QED) is 0.305. The number of hydrogen-bond acceptors (Lipinski definition) is 6. The van der Waals surface area contributed by atoms with Gasteiger partial charge >= 0.3 is 0 Å². The van der Waals surface area contributed by atoms with E-state index in [0.717, 1.165) is 49.9 Å². The summed E-state index contributed by atoms with van der Waals surface area (Å²) in [6.45, 7) is 3.79. The molecule has 2 aliphatic rings.